The van der Waals surface area contributed by atoms with Gasteiger partial charge in [-0.3, -0.25) is 4.79 Å². The van der Waals surface area contributed by atoms with E-state index in [1.807, 2.05) is 19.0 Å². The van der Waals surface area contributed by atoms with Gasteiger partial charge in [0.1, 0.15) is 0 Å². The first kappa shape index (κ1) is 14.9. The van der Waals surface area contributed by atoms with Crippen LogP contribution in [0.5, 0.6) is 0 Å². The summed E-state index contributed by atoms with van der Waals surface area (Å²) >= 11 is 0. The van der Waals surface area contributed by atoms with E-state index in [4.69, 9.17) is 4.74 Å². The second-order valence-electron chi connectivity index (χ2n) is 5.67. The van der Waals surface area contributed by atoms with Crippen molar-refractivity contribution in [2.75, 3.05) is 45.8 Å². The van der Waals surface area contributed by atoms with Crippen molar-refractivity contribution in [1.82, 2.24) is 4.90 Å². The summed E-state index contributed by atoms with van der Waals surface area (Å²) in [5.74, 6) is 0.696. The highest BCUT2D eigenvalue weighted by atomic mass is 16.5. The van der Waals surface area contributed by atoms with E-state index in [-0.39, 0.29) is 5.91 Å². The van der Waals surface area contributed by atoms with E-state index in [0.29, 0.717) is 25.5 Å². The van der Waals surface area contributed by atoms with Crippen LogP contribution in [0.2, 0.25) is 0 Å². The summed E-state index contributed by atoms with van der Waals surface area (Å²) in [7, 11) is 5.75. The maximum Gasteiger partial charge on any atom is 0.223 e. The Morgan fingerprint density at radius 1 is 1.30 bits per heavy atom. The standard InChI is InChI=1S/C16H24N2O2/c1-17(2)15-6-4-13(5-7-15)10-14-11-16(19)18(12-14)8-9-20-3/h4-7,14H,8-12H2,1-3H3. The van der Waals surface area contributed by atoms with Crippen molar-refractivity contribution in [3.8, 4) is 0 Å². The Labute approximate surface area is 121 Å². The zero-order chi connectivity index (χ0) is 14.5. The van der Waals surface area contributed by atoms with Crippen LogP contribution in [0.3, 0.4) is 0 Å². The van der Waals surface area contributed by atoms with Crippen LogP contribution in [0.25, 0.3) is 0 Å². The van der Waals surface area contributed by atoms with Crippen molar-refractivity contribution in [2.45, 2.75) is 12.8 Å². The Bertz CT molecular complexity index is 442. The minimum atomic E-state index is 0.261. The predicted octanol–water partition coefficient (Wildman–Crippen LogP) is 1.79. The molecule has 20 heavy (non-hydrogen) atoms. The van der Waals surface area contributed by atoms with E-state index in [0.717, 1.165) is 13.0 Å². The summed E-state index contributed by atoms with van der Waals surface area (Å²) < 4.78 is 5.04. The van der Waals surface area contributed by atoms with Crippen LogP contribution in [-0.4, -0.2) is 51.7 Å². The van der Waals surface area contributed by atoms with Gasteiger partial charge in [0, 0.05) is 46.4 Å². The highest BCUT2D eigenvalue weighted by Crippen LogP contribution is 2.23. The molecular formula is C16H24N2O2. The molecule has 1 aromatic rings. The third kappa shape index (κ3) is 3.73. The van der Waals surface area contributed by atoms with E-state index in [1.165, 1.54) is 11.3 Å². The fourth-order valence-electron chi connectivity index (χ4n) is 2.67. The SMILES string of the molecule is COCCN1CC(Cc2ccc(N(C)C)cc2)CC1=O. The molecule has 0 bridgehead atoms. The molecule has 1 aliphatic rings. The quantitative estimate of drug-likeness (QED) is 0.794. The minimum Gasteiger partial charge on any atom is -0.383 e. The van der Waals surface area contributed by atoms with Gasteiger partial charge in [0.05, 0.1) is 6.61 Å². The smallest absolute Gasteiger partial charge is 0.223 e. The summed E-state index contributed by atoms with van der Waals surface area (Å²) in [6.45, 7) is 2.19. The predicted molar refractivity (Wildman–Crippen MR) is 81.0 cm³/mol. The van der Waals surface area contributed by atoms with Gasteiger partial charge in [0.2, 0.25) is 5.91 Å². The summed E-state index contributed by atoms with van der Waals surface area (Å²) in [5.41, 5.74) is 2.51. The molecule has 1 unspecified atom stereocenters. The normalized spacial score (nSPS) is 18.6. The first-order chi connectivity index (χ1) is 9.60. The molecule has 0 radical (unpaired) electrons. The van der Waals surface area contributed by atoms with Gasteiger partial charge < -0.3 is 14.5 Å². The molecule has 1 amide bonds. The van der Waals surface area contributed by atoms with E-state index in [9.17, 15) is 4.79 Å². The number of hydrogen-bond acceptors (Lipinski definition) is 3. The number of amides is 1. The fraction of sp³-hybridized carbons (Fsp3) is 0.562. The molecule has 1 atom stereocenters. The fourth-order valence-corrected chi connectivity index (χ4v) is 2.67. The van der Waals surface area contributed by atoms with Crippen molar-refractivity contribution in [3.63, 3.8) is 0 Å². The first-order valence-corrected chi connectivity index (χ1v) is 7.13. The molecule has 0 N–H and O–H groups in total. The molecule has 0 spiro atoms. The molecule has 2 rings (SSSR count). The van der Waals surface area contributed by atoms with Crippen LogP contribution in [0, 0.1) is 5.92 Å². The molecular weight excluding hydrogens is 252 g/mol. The number of hydrogen-bond donors (Lipinski definition) is 0. The van der Waals surface area contributed by atoms with Gasteiger partial charge >= 0.3 is 0 Å². The maximum atomic E-state index is 11.9. The van der Waals surface area contributed by atoms with Gasteiger partial charge in [-0.05, 0) is 30.0 Å². The summed E-state index contributed by atoms with van der Waals surface area (Å²) in [6, 6.07) is 8.60. The molecule has 1 heterocycles. The number of benzene rings is 1. The third-order valence-electron chi connectivity index (χ3n) is 3.84. The van der Waals surface area contributed by atoms with Gasteiger partial charge in [-0.15, -0.1) is 0 Å². The summed E-state index contributed by atoms with van der Waals surface area (Å²) in [5, 5.41) is 0. The number of carbonyl (C=O) groups is 1. The lowest BCUT2D eigenvalue weighted by molar-refractivity contribution is -0.128. The van der Waals surface area contributed by atoms with Crippen LogP contribution < -0.4 is 4.90 Å². The second kappa shape index (κ2) is 6.75. The Kier molecular flexibility index (Phi) is 5.01. The van der Waals surface area contributed by atoms with Gasteiger partial charge in [0.25, 0.3) is 0 Å². The monoisotopic (exact) mass is 276 g/mol. The highest BCUT2D eigenvalue weighted by Gasteiger charge is 2.28. The van der Waals surface area contributed by atoms with E-state index >= 15 is 0 Å². The molecule has 0 aromatic heterocycles. The lowest BCUT2D eigenvalue weighted by atomic mass is 9.98. The average molecular weight is 276 g/mol. The van der Waals surface area contributed by atoms with Crippen LogP contribution in [-0.2, 0) is 16.0 Å². The van der Waals surface area contributed by atoms with Gasteiger partial charge in [-0.1, -0.05) is 12.1 Å². The number of rotatable bonds is 6. The number of carbonyl (C=O) groups excluding carboxylic acids is 1. The maximum absolute atomic E-state index is 11.9. The zero-order valence-electron chi connectivity index (χ0n) is 12.6. The number of ether oxygens (including phenoxy) is 1. The van der Waals surface area contributed by atoms with Crippen molar-refractivity contribution >= 4 is 11.6 Å². The minimum absolute atomic E-state index is 0.261. The van der Waals surface area contributed by atoms with Crippen molar-refractivity contribution < 1.29 is 9.53 Å². The first-order valence-electron chi connectivity index (χ1n) is 7.13. The molecule has 0 saturated carbocycles. The highest BCUT2D eigenvalue weighted by molar-refractivity contribution is 5.78. The van der Waals surface area contributed by atoms with Crippen molar-refractivity contribution in [3.05, 3.63) is 29.8 Å². The largest absolute Gasteiger partial charge is 0.383 e. The van der Waals surface area contributed by atoms with Crippen molar-refractivity contribution in [1.29, 1.82) is 0 Å². The third-order valence-corrected chi connectivity index (χ3v) is 3.84. The topological polar surface area (TPSA) is 32.8 Å². The van der Waals surface area contributed by atoms with Crippen LogP contribution in [0.15, 0.2) is 24.3 Å². The van der Waals surface area contributed by atoms with Gasteiger partial charge in [0.15, 0.2) is 0 Å². The van der Waals surface area contributed by atoms with Gasteiger partial charge in [-0.25, -0.2) is 0 Å². The number of nitrogens with zero attached hydrogens (tertiary/aromatic N) is 2. The second-order valence-corrected chi connectivity index (χ2v) is 5.67. The molecule has 4 heteroatoms. The Balaban J connectivity index is 1.89. The summed E-state index contributed by atoms with van der Waals surface area (Å²) in [6.07, 6.45) is 1.64. The number of anilines is 1. The van der Waals surface area contributed by atoms with E-state index in [2.05, 4.69) is 29.2 Å². The molecule has 4 nitrogen and oxygen atoms in total. The Hall–Kier alpha value is -1.55. The van der Waals surface area contributed by atoms with Crippen molar-refractivity contribution in [2.24, 2.45) is 5.92 Å². The van der Waals surface area contributed by atoms with Crippen LogP contribution in [0.1, 0.15) is 12.0 Å². The van der Waals surface area contributed by atoms with Gasteiger partial charge in [-0.2, -0.15) is 0 Å². The molecule has 1 aliphatic heterocycles. The lowest BCUT2D eigenvalue weighted by Crippen LogP contribution is -2.28. The molecule has 1 aromatic carbocycles. The molecule has 0 aliphatic carbocycles. The summed E-state index contributed by atoms with van der Waals surface area (Å²) in [4.78, 5) is 15.9. The molecule has 110 valence electrons. The Morgan fingerprint density at radius 3 is 2.60 bits per heavy atom. The number of likely N-dealkylation sites (tertiary alicyclic amines) is 1. The zero-order valence-corrected chi connectivity index (χ0v) is 12.6. The van der Waals surface area contributed by atoms with Crippen LogP contribution >= 0.6 is 0 Å². The van der Waals surface area contributed by atoms with E-state index < -0.39 is 0 Å². The molecule has 1 saturated heterocycles. The Morgan fingerprint density at radius 2 is 2.00 bits per heavy atom. The van der Waals surface area contributed by atoms with Crippen LogP contribution in [0.4, 0.5) is 5.69 Å². The lowest BCUT2D eigenvalue weighted by Gasteiger charge is -2.16. The van der Waals surface area contributed by atoms with E-state index in [1.54, 1.807) is 7.11 Å². The molecule has 1 fully saturated rings. The number of methoxy groups -OCH3 is 1. The average Bonchev–Trinajstić information content (AvgIpc) is 2.77.